The molecule has 3 aromatic rings. The maximum Gasteiger partial charge on any atom is 0.356 e. The van der Waals surface area contributed by atoms with E-state index in [-0.39, 0.29) is 48.1 Å². The molecule has 0 saturated heterocycles. The van der Waals surface area contributed by atoms with Gasteiger partial charge in [-0.15, -0.1) is 0 Å². The van der Waals surface area contributed by atoms with Gasteiger partial charge in [-0.2, -0.15) is 5.10 Å². The normalized spacial score (nSPS) is 21.8. The topological polar surface area (TPSA) is 146 Å². The highest BCUT2D eigenvalue weighted by Gasteiger charge is 2.28. The van der Waals surface area contributed by atoms with Crippen molar-refractivity contribution in [1.82, 2.24) is 15.1 Å². The molecule has 0 bridgehead atoms. The van der Waals surface area contributed by atoms with E-state index in [9.17, 15) is 14.4 Å². The van der Waals surface area contributed by atoms with Gasteiger partial charge < -0.3 is 25.6 Å². The Kier molecular flexibility index (Phi) is 13.1. The van der Waals surface area contributed by atoms with Crippen molar-refractivity contribution in [2.24, 2.45) is 5.73 Å². The van der Waals surface area contributed by atoms with Crippen molar-refractivity contribution in [2.45, 2.75) is 102 Å². The lowest BCUT2D eigenvalue weighted by Gasteiger charge is -2.32. The van der Waals surface area contributed by atoms with Gasteiger partial charge in [-0.3, -0.25) is 14.3 Å². The summed E-state index contributed by atoms with van der Waals surface area (Å²) in [5.41, 5.74) is 8.21. The van der Waals surface area contributed by atoms with Crippen LogP contribution in [0.4, 0.5) is 0 Å². The van der Waals surface area contributed by atoms with Gasteiger partial charge in [0.15, 0.2) is 12.0 Å². The second-order valence-corrected chi connectivity index (χ2v) is 11.5. The highest BCUT2D eigenvalue weighted by molar-refractivity contribution is 5.88. The minimum atomic E-state index is -1.25. The molecule has 10 nitrogen and oxygen atoms in total. The maximum atomic E-state index is 12.5. The summed E-state index contributed by atoms with van der Waals surface area (Å²) in [5.74, 6) is -1.58. The summed E-state index contributed by atoms with van der Waals surface area (Å²) in [6, 6.07) is 21.4. The molecule has 2 aliphatic carbocycles. The van der Waals surface area contributed by atoms with Crippen molar-refractivity contribution in [3.05, 3.63) is 89.2 Å². The van der Waals surface area contributed by atoms with Crippen LogP contribution in [0.25, 0.3) is 0 Å². The first-order valence-corrected chi connectivity index (χ1v) is 15.5. The summed E-state index contributed by atoms with van der Waals surface area (Å²) in [4.78, 5) is 34.6. The van der Waals surface area contributed by atoms with Crippen molar-refractivity contribution in [1.29, 1.82) is 0 Å². The maximum absolute atomic E-state index is 12.5. The molecule has 10 heteroatoms. The largest absolute Gasteiger partial charge is 0.476 e. The number of carbonyl (C=O) groups is 3. The monoisotopic (exact) mass is 604 g/mol. The van der Waals surface area contributed by atoms with Gasteiger partial charge in [-0.05, 0) is 36.8 Å². The number of carboxylic acids is 1. The van der Waals surface area contributed by atoms with Crippen LogP contribution in [-0.4, -0.2) is 57.3 Å². The SMILES string of the molecule is N[C@@H]1CCCCCC1OCc1ccccc1.O=Cc1cc(C(=O)O)nn1CC(=O)N[C@H]1CCCC[C@H]1OCc1ccccc1. The van der Waals surface area contributed by atoms with E-state index in [0.29, 0.717) is 19.5 Å². The van der Waals surface area contributed by atoms with Crippen molar-refractivity contribution in [2.75, 3.05) is 0 Å². The molecule has 4 atom stereocenters. The average molecular weight is 605 g/mol. The van der Waals surface area contributed by atoms with Crippen molar-refractivity contribution in [3.63, 3.8) is 0 Å². The molecule has 2 aliphatic rings. The fourth-order valence-corrected chi connectivity index (χ4v) is 5.67. The highest BCUT2D eigenvalue weighted by Crippen LogP contribution is 2.23. The predicted molar refractivity (Wildman–Crippen MR) is 166 cm³/mol. The summed E-state index contributed by atoms with van der Waals surface area (Å²) in [6.07, 6.45) is 10.4. The summed E-state index contributed by atoms with van der Waals surface area (Å²) in [5, 5.41) is 15.8. The zero-order valence-electron chi connectivity index (χ0n) is 25.2. The quantitative estimate of drug-likeness (QED) is 0.207. The third kappa shape index (κ3) is 10.4. The number of amides is 1. The molecule has 236 valence electrons. The third-order valence-electron chi connectivity index (χ3n) is 8.11. The first-order valence-electron chi connectivity index (χ1n) is 15.5. The molecule has 1 heterocycles. The first-order chi connectivity index (χ1) is 21.4. The van der Waals surface area contributed by atoms with E-state index >= 15 is 0 Å². The van der Waals surface area contributed by atoms with E-state index in [1.807, 2.05) is 48.5 Å². The van der Waals surface area contributed by atoms with E-state index in [0.717, 1.165) is 54.8 Å². The number of benzene rings is 2. The lowest BCUT2D eigenvalue weighted by atomic mass is 9.92. The predicted octanol–water partition coefficient (Wildman–Crippen LogP) is 4.90. The zero-order valence-corrected chi connectivity index (χ0v) is 25.2. The zero-order chi connectivity index (χ0) is 31.1. The van der Waals surface area contributed by atoms with Gasteiger partial charge in [0, 0.05) is 12.1 Å². The number of aromatic carboxylic acids is 1. The van der Waals surface area contributed by atoms with Gasteiger partial charge in [-0.1, -0.05) is 92.8 Å². The van der Waals surface area contributed by atoms with E-state index in [4.69, 9.17) is 20.3 Å². The second kappa shape index (κ2) is 17.4. The third-order valence-corrected chi connectivity index (χ3v) is 8.11. The molecule has 2 saturated carbocycles. The van der Waals surface area contributed by atoms with Gasteiger partial charge in [0.1, 0.15) is 12.2 Å². The Morgan fingerprint density at radius 3 is 2.07 bits per heavy atom. The summed E-state index contributed by atoms with van der Waals surface area (Å²) >= 11 is 0. The number of hydrogen-bond donors (Lipinski definition) is 3. The van der Waals surface area contributed by atoms with Gasteiger partial charge >= 0.3 is 5.97 Å². The highest BCUT2D eigenvalue weighted by atomic mass is 16.5. The molecular weight excluding hydrogens is 560 g/mol. The Bertz CT molecular complexity index is 1320. The number of nitrogens with zero attached hydrogens (tertiary/aromatic N) is 2. The Balaban J connectivity index is 0.000000233. The standard InChI is InChI=1S/C20H23N3O5.C14H21NO/c24-12-15-10-17(20(26)27)22-23(15)11-19(25)21-16-8-4-5-9-18(16)28-13-14-6-2-1-3-7-14;15-13-9-5-2-6-10-14(13)16-11-12-7-3-1-4-8-12/h1-3,6-7,10,12,16,18H,4-5,8-9,11,13H2,(H,21,25)(H,26,27);1,3-4,7-8,13-14H,2,5-6,9-11,15H2/t16-,18+;13-,14?/m01/s1. The number of nitrogens with one attached hydrogen (secondary N) is 1. The van der Waals surface area contributed by atoms with Crippen molar-refractivity contribution < 1.29 is 29.0 Å². The fourth-order valence-electron chi connectivity index (χ4n) is 5.67. The number of aldehydes is 1. The Hall–Kier alpha value is -3.86. The van der Waals surface area contributed by atoms with Gasteiger partial charge in [-0.25, -0.2) is 4.79 Å². The fraction of sp³-hybridized carbons (Fsp3) is 0.471. The summed E-state index contributed by atoms with van der Waals surface area (Å²) in [6.45, 7) is 0.955. The van der Waals surface area contributed by atoms with Crippen LogP contribution in [0.5, 0.6) is 0 Å². The van der Waals surface area contributed by atoms with Gasteiger partial charge in [0.2, 0.25) is 5.91 Å². The van der Waals surface area contributed by atoms with Crippen molar-refractivity contribution in [3.8, 4) is 0 Å². The van der Waals surface area contributed by atoms with E-state index < -0.39 is 5.97 Å². The van der Waals surface area contributed by atoms with Crippen LogP contribution in [-0.2, 0) is 34.0 Å². The number of ether oxygens (including phenoxy) is 2. The van der Waals surface area contributed by atoms with Crippen LogP contribution in [0.15, 0.2) is 66.7 Å². The molecular formula is C34H44N4O6. The molecule has 0 aliphatic heterocycles. The van der Waals surface area contributed by atoms with Crippen molar-refractivity contribution >= 4 is 18.2 Å². The van der Waals surface area contributed by atoms with E-state index in [1.165, 1.54) is 24.8 Å². The van der Waals surface area contributed by atoms with Crippen LogP contribution in [0.2, 0.25) is 0 Å². The number of nitrogens with two attached hydrogens (primary N) is 1. The Labute approximate surface area is 258 Å². The molecule has 1 unspecified atom stereocenters. The molecule has 0 spiro atoms. The van der Waals surface area contributed by atoms with E-state index in [2.05, 4.69) is 22.5 Å². The molecule has 0 radical (unpaired) electrons. The Morgan fingerprint density at radius 1 is 0.864 bits per heavy atom. The van der Waals surface area contributed by atoms with Crippen LogP contribution in [0, 0.1) is 0 Å². The Morgan fingerprint density at radius 2 is 1.43 bits per heavy atom. The smallest absolute Gasteiger partial charge is 0.356 e. The van der Waals surface area contributed by atoms with E-state index in [1.54, 1.807) is 0 Å². The second-order valence-electron chi connectivity index (χ2n) is 11.5. The first kappa shape index (κ1) is 33.0. The van der Waals surface area contributed by atoms with Gasteiger partial charge in [0.05, 0.1) is 31.5 Å². The van der Waals surface area contributed by atoms with Crippen LogP contribution in [0.3, 0.4) is 0 Å². The van der Waals surface area contributed by atoms with Crippen LogP contribution < -0.4 is 11.1 Å². The molecule has 2 aromatic carbocycles. The van der Waals surface area contributed by atoms with Crippen LogP contribution >= 0.6 is 0 Å². The lowest BCUT2D eigenvalue weighted by molar-refractivity contribution is -0.124. The number of hydrogen-bond acceptors (Lipinski definition) is 7. The number of carbonyl (C=O) groups excluding carboxylic acids is 2. The minimum absolute atomic E-state index is 0.0491. The number of carboxylic acid groups (broad SMARTS) is 1. The van der Waals surface area contributed by atoms with Gasteiger partial charge in [0.25, 0.3) is 0 Å². The number of aromatic nitrogens is 2. The minimum Gasteiger partial charge on any atom is -0.476 e. The molecule has 4 N–H and O–H groups in total. The summed E-state index contributed by atoms with van der Waals surface area (Å²) in [7, 11) is 0. The average Bonchev–Trinajstić information content (AvgIpc) is 3.34. The molecule has 1 amide bonds. The van der Waals surface area contributed by atoms with Crippen LogP contribution in [0.1, 0.15) is 89.9 Å². The molecule has 1 aromatic heterocycles. The summed E-state index contributed by atoms with van der Waals surface area (Å²) < 4.78 is 13.1. The number of rotatable bonds is 11. The lowest BCUT2D eigenvalue weighted by Crippen LogP contribution is -2.47. The molecule has 44 heavy (non-hydrogen) atoms. The molecule has 2 fully saturated rings. The molecule has 5 rings (SSSR count).